The van der Waals surface area contributed by atoms with Gasteiger partial charge in [-0.15, -0.1) is 11.3 Å². The van der Waals surface area contributed by atoms with Crippen LogP contribution in [0.5, 0.6) is 0 Å². The SMILES string of the molecule is CCP(=O)(CC)c1ccc(-n2ccn(-c3c(-c4cc(C)c(F)c(C)c4)nn4c3[C@H](C)N(C(=O)c3sc5cc(C6CCOCC6)ccc5c3C3(c5noc(=O)[nH]5)CC3)CC4)c2=O)cc1NC. The number of benzene rings is 3. The van der Waals surface area contributed by atoms with Gasteiger partial charge in [-0.1, -0.05) is 31.1 Å². The molecule has 65 heavy (non-hydrogen) atoms. The number of nitrogens with one attached hydrogen (secondary N) is 2. The van der Waals surface area contributed by atoms with Crippen LogP contribution in [0.25, 0.3) is 32.7 Å². The monoisotopic (exact) mass is 918 g/mol. The first kappa shape index (κ1) is 43.1. The minimum absolute atomic E-state index is 0.173. The second-order valence-corrected chi connectivity index (χ2v) is 22.2. The number of rotatable bonds is 11. The van der Waals surface area contributed by atoms with Crippen molar-refractivity contribution in [3.05, 3.63) is 126 Å². The summed E-state index contributed by atoms with van der Waals surface area (Å²) in [4.78, 5) is 47.8. The van der Waals surface area contributed by atoms with Crippen LogP contribution < -0.4 is 22.1 Å². The van der Waals surface area contributed by atoms with Gasteiger partial charge in [0.1, 0.15) is 24.3 Å². The number of H-pyrrole nitrogens is 1. The highest BCUT2D eigenvalue weighted by molar-refractivity contribution is 7.71. The Morgan fingerprint density at radius 2 is 1.72 bits per heavy atom. The summed E-state index contributed by atoms with van der Waals surface area (Å²) in [5.41, 5.74) is 5.43. The van der Waals surface area contributed by atoms with E-state index in [9.17, 15) is 14.2 Å². The maximum absolute atomic E-state index is 15.5. The number of hydrogen-bond acceptors (Lipinski definition) is 10. The van der Waals surface area contributed by atoms with E-state index in [2.05, 4.69) is 33.7 Å². The van der Waals surface area contributed by atoms with Crippen LogP contribution in [0.1, 0.15) is 102 Å². The fourth-order valence-electron chi connectivity index (χ4n) is 10.2. The molecular weight excluding hydrogens is 867 g/mol. The molecule has 0 unspecified atom stereocenters. The molecule has 14 nitrogen and oxygen atoms in total. The number of anilines is 1. The first-order valence-corrected chi connectivity index (χ1v) is 25.3. The van der Waals surface area contributed by atoms with E-state index in [1.54, 1.807) is 54.6 Å². The second kappa shape index (κ2) is 16.2. The van der Waals surface area contributed by atoms with Gasteiger partial charge in [0.2, 0.25) is 0 Å². The number of aromatic nitrogens is 6. The molecule has 2 aliphatic heterocycles. The molecule has 3 aromatic carbocycles. The molecule has 17 heteroatoms. The van der Waals surface area contributed by atoms with Gasteiger partial charge >= 0.3 is 11.4 Å². The van der Waals surface area contributed by atoms with Crippen LogP contribution in [-0.4, -0.2) is 79.0 Å². The van der Waals surface area contributed by atoms with E-state index >= 15 is 9.18 Å². The lowest BCUT2D eigenvalue weighted by atomic mass is 9.88. The first-order chi connectivity index (χ1) is 31.3. The third kappa shape index (κ3) is 6.98. The predicted octanol–water partition coefficient (Wildman–Crippen LogP) is 8.40. The quantitative estimate of drug-likeness (QED) is 0.121. The summed E-state index contributed by atoms with van der Waals surface area (Å²) < 4.78 is 45.6. The van der Waals surface area contributed by atoms with Crippen molar-refractivity contribution in [3.8, 4) is 22.6 Å². The Morgan fingerprint density at radius 3 is 2.38 bits per heavy atom. The molecule has 3 aliphatic rings. The number of halogens is 1. The van der Waals surface area contributed by atoms with Gasteiger partial charge in [-0.2, -0.15) is 5.10 Å². The van der Waals surface area contributed by atoms with Crippen molar-refractivity contribution in [2.45, 2.75) is 84.2 Å². The van der Waals surface area contributed by atoms with E-state index < -0.39 is 24.4 Å². The molecule has 0 spiro atoms. The Bertz CT molecular complexity index is 3170. The van der Waals surface area contributed by atoms with Crippen LogP contribution >= 0.6 is 18.5 Å². The van der Waals surface area contributed by atoms with Crippen molar-refractivity contribution in [2.75, 3.05) is 44.4 Å². The summed E-state index contributed by atoms with van der Waals surface area (Å²) in [6.07, 6.45) is 7.67. The number of nitrogens with zero attached hydrogens (tertiary/aromatic N) is 6. The van der Waals surface area contributed by atoms with Crippen LogP contribution in [0.3, 0.4) is 0 Å². The number of fused-ring (bicyclic) bond motifs is 2. The summed E-state index contributed by atoms with van der Waals surface area (Å²) >= 11 is 1.46. The third-order valence-electron chi connectivity index (χ3n) is 14.1. The maximum Gasteiger partial charge on any atom is 0.438 e. The molecule has 1 amide bonds. The number of aryl methyl sites for hydroxylation is 2. The topological polar surface area (TPSA) is 162 Å². The van der Waals surface area contributed by atoms with Gasteiger partial charge in [0.15, 0.2) is 5.82 Å². The molecular formula is C48H52FN8O6PS. The van der Waals surface area contributed by atoms with E-state index in [0.717, 1.165) is 33.8 Å². The Balaban J connectivity index is 1.10. The maximum atomic E-state index is 15.5. The van der Waals surface area contributed by atoms with Gasteiger partial charge in [-0.05, 0) is 116 Å². The number of ether oxygens (including phenoxy) is 1. The molecule has 6 heterocycles. The molecule has 2 fully saturated rings. The number of amides is 1. The summed E-state index contributed by atoms with van der Waals surface area (Å²) in [6, 6.07) is 14.9. The number of carbonyl (C=O) groups is 1. The fourth-order valence-corrected chi connectivity index (χ4v) is 13.6. The van der Waals surface area contributed by atoms with Crippen LogP contribution in [0.2, 0.25) is 0 Å². The van der Waals surface area contributed by atoms with Crippen LogP contribution in [-0.2, 0) is 21.3 Å². The molecule has 0 bridgehead atoms. The van der Waals surface area contributed by atoms with Crippen molar-refractivity contribution in [1.29, 1.82) is 0 Å². The lowest BCUT2D eigenvalue weighted by molar-refractivity contribution is 0.0640. The van der Waals surface area contributed by atoms with Gasteiger partial charge in [-0.25, -0.2) is 14.0 Å². The molecule has 10 rings (SSSR count). The van der Waals surface area contributed by atoms with Crippen LogP contribution in [0.4, 0.5) is 10.1 Å². The molecule has 1 saturated heterocycles. The molecule has 1 aliphatic carbocycles. The lowest BCUT2D eigenvalue weighted by Crippen LogP contribution is -2.42. The second-order valence-electron chi connectivity index (χ2n) is 17.7. The Labute approximate surface area is 378 Å². The van der Waals surface area contributed by atoms with Crippen molar-refractivity contribution < 1.29 is 23.0 Å². The Kier molecular flexibility index (Phi) is 10.8. The van der Waals surface area contributed by atoms with Gasteiger partial charge in [-0.3, -0.25) is 28.1 Å². The molecule has 2 N–H and O–H groups in total. The zero-order chi connectivity index (χ0) is 45.5. The third-order valence-corrected chi connectivity index (χ3v) is 18.5. The van der Waals surface area contributed by atoms with E-state index in [0.29, 0.717) is 113 Å². The van der Waals surface area contributed by atoms with Gasteiger partial charge in [0, 0.05) is 72.8 Å². The number of imidazole rings is 1. The number of hydrogen-bond donors (Lipinski definition) is 2. The van der Waals surface area contributed by atoms with Crippen LogP contribution in [0.15, 0.2) is 75.0 Å². The van der Waals surface area contributed by atoms with E-state index in [-0.39, 0.29) is 17.4 Å². The normalized spacial score (nSPS) is 17.5. The predicted molar refractivity (Wildman–Crippen MR) is 251 cm³/mol. The van der Waals surface area contributed by atoms with Crippen molar-refractivity contribution in [3.63, 3.8) is 0 Å². The first-order valence-electron chi connectivity index (χ1n) is 22.4. The van der Waals surface area contributed by atoms with Crippen LogP contribution in [0, 0.1) is 19.7 Å². The molecule has 1 saturated carbocycles. The van der Waals surface area contributed by atoms with Gasteiger partial charge in [0.05, 0.1) is 34.3 Å². The molecule has 7 aromatic rings. The summed E-state index contributed by atoms with van der Waals surface area (Å²) in [7, 11) is -0.863. The average Bonchev–Trinajstić information content (AvgIpc) is 3.60. The number of aromatic amines is 1. The van der Waals surface area contributed by atoms with E-state index in [1.807, 2.05) is 48.6 Å². The van der Waals surface area contributed by atoms with Crippen molar-refractivity contribution in [2.24, 2.45) is 0 Å². The minimum Gasteiger partial charge on any atom is -0.387 e. The van der Waals surface area contributed by atoms with Gasteiger partial charge < -0.3 is 19.5 Å². The smallest absolute Gasteiger partial charge is 0.387 e. The summed E-state index contributed by atoms with van der Waals surface area (Å²) in [6.45, 7) is 11.3. The van der Waals surface area contributed by atoms with E-state index in [1.165, 1.54) is 16.9 Å². The molecule has 338 valence electrons. The zero-order valence-corrected chi connectivity index (χ0v) is 39.1. The highest BCUT2D eigenvalue weighted by atomic mass is 32.1. The number of carbonyl (C=O) groups excluding carboxylic acids is 1. The Hall–Kier alpha value is -5.83. The average molecular weight is 919 g/mol. The minimum atomic E-state index is -2.65. The van der Waals surface area contributed by atoms with Crippen molar-refractivity contribution >= 4 is 45.5 Å². The summed E-state index contributed by atoms with van der Waals surface area (Å²) in [5.74, 6) is -0.360. The Morgan fingerprint density at radius 1 is 1.00 bits per heavy atom. The highest BCUT2D eigenvalue weighted by Crippen LogP contribution is 2.57. The standard InChI is InChI=1S/C48H52FN8O6PS/c1-7-64(61,8-2)36-12-10-33(26-35(36)50-6)55-17-18-56(47(55)60)42-40(32-23-27(3)39(49)28(4)24-32)52-57-20-19-54(29(5)41(42)57)44(58)43-38(48(15-16-48)45-51-46(59)63-53-45)34-11-9-31(25-37(34)65-43)30-13-21-62-22-14-30/h9-12,17-18,23-26,29-30,50H,7-8,13-16,19-22H2,1-6H3,(H,51,53,59)/t29-/m0/s1. The molecule has 4 aromatic heterocycles. The fraction of sp³-hybridized carbons (Fsp3) is 0.396. The molecule has 1 atom stereocenters. The largest absolute Gasteiger partial charge is 0.438 e. The number of thiophene rings is 1. The van der Waals surface area contributed by atoms with Crippen molar-refractivity contribution in [1.82, 2.24) is 34.0 Å². The van der Waals surface area contributed by atoms with E-state index in [4.69, 9.17) is 14.4 Å². The lowest BCUT2D eigenvalue weighted by Gasteiger charge is -2.35. The zero-order valence-electron chi connectivity index (χ0n) is 37.4. The highest BCUT2D eigenvalue weighted by Gasteiger charge is 2.53. The molecule has 0 radical (unpaired) electrons. The van der Waals surface area contributed by atoms with Gasteiger partial charge in [0.25, 0.3) is 5.91 Å². The summed E-state index contributed by atoms with van der Waals surface area (Å²) in [5, 5.41) is 14.2.